The second-order valence-corrected chi connectivity index (χ2v) is 11.5. The molecule has 3 aromatic rings. The van der Waals surface area contributed by atoms with Gasteiger partial charge < -0.3 is 15.1 Å². The van der Waals surface area contributed by atoms with Crippen LogP contribution in [0.5, 0.6) is 0 Å². The van der Waals surface area contributed by atoms with E-state index in [0.717, 1.165) is 17.5 Å². The van der Waals surface area contributed by atoms with E-state index in [9.17, 15) is 14.4 Å². The number of hydrogen-bond donors (Lipinski definition) is 1. The van der Waals surface area contributed by atoms with Crippen LogP contribution in [0, 0.1) is 5.41 Å². The van der Waals surface area contributed by atoms with Gasteiger partial charge in [0.05, 0.1) is 12.1 Å². The Morgan fingerprint density at radius 1 is 0.846 bits per heavy atom. The molecule has 3 aromatic carbocycles. The molecule has 0 aromatic heterocycles. The number of benzene rings is 3. The summed E-state index contributed by atoms with van der Waals surface area (Å²) in [6, 6.07) is 28.5. The molecule has 6 heteroatoms. The number of hydrogen-bond acceptors (Lipinski definition) is 3. The van der Waals surface area contributed by atoms with E-state index in [1.54, 1.807) is 21.9 Å². The standard InChI is InChI=1S/C33H39N3O3/c1-33(2,3)19-20-35-29(22-26-15-9-5-10-16-26)24-36(32(39)31(35)38)28(21-25-13-7-4-8-14-25)23-34-30(37)27-17-11-6-12-18-27/h4-18,28-29H,19-24H2,1-3H3,(H,34,37)/t28-,29-/m0/s1. The maximum Gasteiger partial charge on any atom is 0.312 e. The molecule has 0 unspecified atom stereocenters. The Labute approximate surface area is 232 Å². The minimum absolute atomic E-state index is 0.0370. The van der Waals surface area contributed by atoms with Crippen molar-refractivity contribution in [1.82, 2.24) is 15.1 Å². The number of nitrogens with one attached hydrogen (secondary N) is 1. The van der Waals surface area contributed by atoms with E-state index in [2.05, 4.69) is 38.2 Å². The molecule has 1 saturated heterocycles. The molecule has 204 valence electrons. The zero-order valence-electron chi connectivity index (χ0n) is 23.2. The Kier molecular flexibility index (Phi) is 9.18. The normalized spacial score (nSPS) is 16.7. The predicted molar refractivity (Wildman–Crippen MR) is 154 cm³/mol. The summed E-state index contributed by atoms with van der Waals surface area (Å²) < 4.78 is 0. The first kappa shape index (κ1) is 28.1. The number of piperazine rings is 1. The summed E-state index contributed by atoms with van der Waals surface area (Å²) in [7, 11) is 0. The van der Waals surface area contributed by atoms with Crippen LogP contribution in [0.3, 0.4) is 0 Å². The molecular formula is C33H39N3O3. The Hall–Kier alpha value is -3.93. The van der Waals surface area contributed by atoms with Crippen LogP contribution in [-0.2, 0) is 22.4 Å². The lowest BCUT2D eigenvalue weighted by atomic mass is 9.91. The maximum absolute atomic E-state index is 13.6. The van der Waals surface area contributed by atoms with Crippen molar-refractivity contribution in [2.24, 2.45) is 5.41 Å². The smallest absolute Gasteiger partial charge is 0.312 e. The summed E-state index contributed by atoms with van der Waals surface area (Å²) >= 11 is 0. The highest BCUT2D eigenvalue weighted by Crippen LogP contribution is 2.25. The van der Waals surface area contributed by atoms with Gasteiger partial charge >= 0.3 is 11.8 Å². The Morgan fingerprint density at radius 2 is 1.41 bits per heavy atom. The van der Waals surface area contributed by atoms with Gasteiger partial charge in [-0.2, -0.15) is 0 Å². The minimum atomic E-state index is -0.497. The van der Waals surface area contributed by atoms with Gasteiger partial charge in [0.2, 0.25) is 0 Å². The molecule has 1 aliphatic heterocycles. The van der Waals surface area contributed by atoms with Crippen LogP contribution in [-0.4, -0.2) is 59.2 Å². The summed E-state index contributed by atoms with van der Waals surface area (Å²) in [5.74, 6) is -1.15. The van der Waals surface area contributed by atoms with Gasteiger partial charge in [0, 0.05) is 25.2 Å². The van der Waals surface area contributed by atoms with Gasteiger partial charge in [-0.25, -0.2) is 0 Å². The molecule has 1 fully saturated rings. The highest BCUT2D eigenvalue weighted by Gasteiger charge is 2.42. The molecule has 1 heterocycles. The van der Waals surface area contributed by atoms with Crippen LogP contribution in [0.1, 0.15) is 48.7 Å². The van der Waals surface area contributed by atoms with Gasteiger partial charge in [-0.3, -0.25) is 14.4 Å². The summed E-state index contributed by atoms with van der Waals surface area (Å²) in [6.07, 6.45) is 2.00. The molecule has 4 rings (SSSR count). The molecule has 2 atom stereocenters. The molecular weight excluding hydrogens is 486 g/mol. The SMILES string of the molecule is CC(C)(C)CCN1C(=O)C(=O)N([C@H](CNC(=O)c2ccccc2)Cc2ccccc2)C[C@@H]1Cc1ccccc1. The third kappa shape index (κ3) is 7.79. The van der Waals surface area contributed by atoms with E-state index in [1.165, 1.54) is 0 Å². The van der Waals surface area contributed by atoms with Crippen molar-refractivity contribution in [1.29, 1.82) is 0 Å². The van der Waals surface area contributed by atoms with Gasteiger partial charge in [-0.1, -0.05) is 99.6 Å². The lowest BCUT2D eigenvalue weighted by molar-refractivity contribution is -0.161. The van der Waals surface area contributed by atoms with Crippen molar-refractivity contribution in [2.75, 3.05) is 19.6 Å². The van der Waals surface area contributed by atoms with Crippen molar-refractivity contribution in [3.8, 4) is 0 Å². The third-order valence-corrected chi connectivity index (χ3v) is 7.26. The van der Waals surface area contributed by atoms with Gasteiger partial charge in [-0.05, 0) is 47.9 Å². The molecule has 0 spiro atoms. The molecule has 0 radical (unpaired) electrons. The van der Waals surface area contributed by atoms with E-state index < -0.39 is 11.8 Å². The van der Waals surface area contributed by atoms with Crippen LogP contribution in [0.25, 0.3) is 0 Å². The van der Waals surface area contributed by atoms with E-state index >= 15 is 0 Å². The first-order valence-electron chi connectivity index (χ1n) is 13.7. The third-order valence-electron chi connectivity index (χ3n) is 7.26. The Balaban J connectivity index is 1.59. The lowest BCUT2D eigenvalue weighted by Gasteiger charge is -2.44. The summed E-state index contributed by atoms with van der Waals surface area (Å²) in [5, 5.41) is 3.02. The molecule has 6 nitrogen and oxygen atoms in total. The molecule has 0 aliphatic carbocycles. The number of nitrogens with zero attached hydrogens (tertiary/aromatic N) is 2. The zero-order valence-corrected chi connectivity index (χ0v) is 23.2. The molecule has 0 saturated carbocycles. The maximum atomic E-state index is 13.6. The Bertz CT molecular complexity index is 1240. The molecule has 1 aliphatic rings. The van der Waals surface area contributed by atoms with Gasteiger partial charge in [-0.15, -0.1) is 0 Å². The van der Waals surface area contributed by atoms with Crippen molar-refractivity contribution in [2.45, 2.75) is 52.1 Å². The van der Waals surface area contributed by atoms with E-state index in [0.29, 0.717) is 31.5 Å². The topological polar surface area (TPSA) is 69.7 Å². The summed E-state index contributed by atoms with van der Waals surface area (Å²) in [4.78, 5) is 43.6. The van der Waals surface area contributed by atoms with E-state index in [-0.39, 0.29) is 30.0 Å². The van der Waals surface area contributed by atoms with Gasteiger partial charge in [0.15, 0.2) is 0 Å². The van der Waals surface area contributed by atoms with Crippen molar-refractivity contribution in [3.63, 3.8) is 0 Å². The van der Waals surface area contributed by atoms with Crippen molar-refractivity contribution < 1.29 is 14.4 Å². The average Bonchev–Trinajstić information content (AvgIpc) is 2.93. The van der Waals surface area contributed by atoms with Crippen LogP contribution in [0.2, 0.25) is 0 Å². The van der Waals surface area contributed by atoms with E-state index in [1.807, 2.05) is 66.7 Å². The second kappa shape index (κ2) is 12.7. The predicted octanol–water partition coefficient (Wildman–Crippen LogP) is 4.75. The van der Waals surface area contributed by atoms with Gasteiger partial charge in [0.1, 0.15) is 0 Å². The van der Waals surface area contributed by atoms with Crippen LogP contribution in [0.15, 0.2) is 91.0 Å². The number of rotatable bonds is 10. The van der Waals surface area contributed by atoms with Crippen molar-refractivity contribution in [3.05, 3.63) is 108 Å². The fourth-order valence-electron chi connectivity index (χ4n) is 5.02. The summed E-state index contributed by atoms with van der Waals surface area (Å²) in [6.45, 7) is 7.64. The minimum Gasteiger partial charge on any atom is -0.350 e. The lowest BCUT2D eigenvalue weighted by Crippen LogP contribution is -2.64. The fourth-order valence-corrected chi connectivity index (χ4v) is 5.02. The van der Waals surface area contributed by atoms with E-state index in [4.69, 9.17) is 0 Å². The van der Waals surface area contributed by atoms with Crippen LogP contribution < -0.4 is 5.32 Å². The highest BCUT2D eigenvalue weighted by molar-refractivity contribution is 6.35. The molecule has 3 amide bonds. The highest BCUT2D eigenvalue weighted by atomic mass is 16.2. The summed E-state index contributed by atoms with van der Waals surface area (Å²) in [5.41, 5.74) is 2.77. The Morgan fingerprint density at radius 3 is 2.00 bits per heavy atom. The number of amides is 3. The van der Waals surface area contributed by atoms with Crippen LogP contribution in [0.4, 0.5) is 0 Å². The fraction of sp³-hybridized carbons (Fsp3) is 0.364. The number of carbonyl (C=O) groups excluding carboxylic acids is 3. The zero-order chi connectivity index (χ0) is 27.8. The van der Waals surface area contributed by atoms with Crippen LogP contribution >= 0.6 is 0 Å². The number of carbonyl (C=O) groups is 3. The monoisotopic (exact) mass is 525 g/mol. The molecule has 1 N–H and O–H groups in total. The van der Waals surface area contributed by atoms with Crippen molar-refractivity contribution >= 4 is 17.7 Å². The first-order chi connectivity index (χ1) is 18.7. The average molecular weight is 526 g/mol. The quantitative estimate of drug-likeness (QED) is 0.389. The second-order valence-electron chi connectivity index (χ2n) is 11.5. The largest absolute Gasteiger partial charge is 0.350 e. The molecule has 0 bridgehead atoms. The van der Waals surface area contributed by atoms with Gasteiger partial charge in [0.25, 0.3) is 5.91 Å². The first-order valence-corrected chi connectivity index (χ1v) is 13.7. The molecule has 39 heavy (non-hydrogen) atoms.